The topological polar surface area (TPSA) is 32.6 Å². The van der Waals surface area contributed by atoms with Crippen LogP contribution in [0.25, 0.3) is 0 Å². The maximum absolute atomic E-state index is 8.08. The van der Waals surface area contributed by atoms with Crippen LogP contribution in [0.4, 0.5) is 0 Å². The number of rotatable bonds is 4. The largest absolute Gasteiger partial charge is 0.411 e. The van der Waals surface area contributed by atoms with Crippen molar-refractivity contribution in [1.29, 1.82) is 0 Å². The molecule has 9 heavy (non-hydrogen) atoms. The SMILES string of the molecule is CCC(CC)C/C=N/O. The Morgan fingerprint density at radius 3 is 2.33 bits per heavy atom. The predicted octanol–water partition coefficient (Wildman–Crippen LogP) is 2.27. The Hall–Kier alpha value is -0.530. The molecule has 0 atom stereocenters. The third kappa shape index (κ3) is 4.01. The molecule has 0 unspecified atom stereocenters. The molecule has 1 N–H and O–H groups in total. The highest BCUT2D eigenvalue weighted by molar-refractivity contribution is 5.56. The van der Waals surface area contributed by atoms with Crippen LogP contribution in [0.2, 0.25) is 0 Å². The second kappa shape index (κ2) is 5.60. The Balaban J connectivity index is 3.31. The van der Waals surface area contributed by atoms with Crippen LogP contribution in [0.3, 0.4) is 0 Å². The average molecular weight is 129 g/mol. The van der Waals surface area contributed by atoms with E-state index in [0.717, 1.165) is 6.42 Å². The summed E-state index contributed by atoms with van der Waals surface area (Å²) in [6.07, 6.45) is 4.81. The first-order chi connectivity index (χ1) is 4.35. The van der Waals surface area contributed by atoms with Gasteiger partial charge in [-0.25, -0.2) is 0 Å². The van der Waals surface area contributed by atoms with Crippen molar-refractivity contribution in [3.05, 3.63) is 0 Å². The van der Waals surface area contributed by atoms with E-state index in [9.17, 15) is 0 Å². The lowest BCUT2D eigenvalue weighted by atomic mass is 10.0. The van der Waals surface area contributed by atoms with E-state index in [1.807, 2.05) is 0 Å². The molecule has 0 rings (SSSR count). The van der Waals surface area contributed by atoms with Gasteiger partial charge in [-0.3, -0.25) is 0 Å². The zero-order valence-electron chi connectivity index (χ0n) is 6.17. The van der Waals surface area contributed by atoms with E-state index in [0.29, 0.717) is 5.92 Å². The standard InChI is InChI=1S/C7H15NO/c1-3-7(4-2)5-6-8-9/h6-7,9H,3-5H2,1-2H3/b8-6+. The van der Waals surface area contributed by atoms with Crippen LogP contribution in [0.15, 0.2) is 5.16 Å². The number of nitrogens with zero attached hydrogens (tertiary/aromatic N) is 1. The molecule has 0 aromatic rings. The summed E-state index contributed by atoms with van der Waals surface area (Å²) in [4.78, 5) is 0. The molecule has 0 spiro atoms. The summed E-state index contributed by atoms with van der Waals surface area (Å²) < 4.78 is 0. The fourth-order valence-electron chi connectivity index (χ4n) is 0.818. The fraction of sp³-hybridized carbons (Fsp3) is 0.857. The van der Waals surface area contributed by atoms with Gasteiger partial charge in [-0.05, 0) is 12.3 Å². The Bertz CT molecular complexity index is 77.0. The quantitative estimate of drug-likeness (QED) is 0.352. The lowest BCUT2D eigenvalue weighted by molar-refractivity contribution is 0.318. The summed E-state index contributed by atoms with van der Waals surface area (Å²) in [7, 11) is 0. The summed E-state index contributed by atoms with van der Waals surface area (Å²) in [6.45, 7) is 4.30. The number of hydrogen-bond acceptors (Lipinski definition) is 2. The molecule has 0 saturated heterocycles. The van der Waals surface area contributed by atoms with Crippen LogP contribution in [0.5, 0.6) is 0 Å². The molecule has 0 radical (unpaired) electrons. The fourth-order valence-corrected chi connectivity index (χ4v) is 0.818. The van der Waals surface area contributed by atoms with Crippen LogP contribution in [-0.2, 0) is 0 Å². The molecule has 0 amide bonds. The van der Waals surface area contributed by atoms with Gasteiger partial charge >= 0.3 is 0 Å². The summed E-state index contributed by atoms with van der Waals surface area (Å²) >= 11 is 0. The van der Waals surface area contributed by atoms with Crippen LogP contribution >= 0.6 is 0 Å². The summed E-state index contributed by atoms with van der Waals surface area (Å²) in [5, 5.41) is 11.0. The minimum absolute atomic E-state index is 0.695. The third-order valence-electron chi connectivity index (χ3n) is 1.68. The molecule has 0 saturated carbocycles. The van der Waals surface area contributed by atoms with Gasteiger partial charge in [-0.2, -0.15) is 0 Å². The third-order valence-corrected chi connectivity index (χ3v) is 1.68. The van der Waals surface area contributed by atoms with E-state index in [2.05, 4.69) is 19.0 Å². The first-order valence-corrected chi connectivity index (χ1v) is 3.51. The minimum Gasteiger partial charge on any atom is -0.411 e. The molecular weight excluding hydrogens is 114 g/mol. The summed E-state index contributed by atoms with van der Waals surface area (Å²) in [5.41, 5.74) is 0. The molecule has 0 aliphatic carbocycles. The summed E-state index contributed by atoms with van der Waals surface area (Å²) in [6, 6.07) is 0. The molecule has 0 fully saturated rings. The van der Waals surface area contributed by atoms with E-state index in [4.69, 9.17) is 5.21 Å². The van der Waals surface area contributed by atoms with Gasteiger partial charge in [0, 0.05) is 6.21 Å². The molecule has 0 aliphatic rings. The maximum atomic E-state index is 8.08. The zero-order chi connectivity index (χ0) is 7.11. The van der Waals surface area contributed by atoms with Crippen LogP contribution in [-0.4, -0.2) is 11.4 Å². The van der Waals surface area contributed by atoms with Crippen molar-refractivity contribution < 1.29 is 5.21 Å². The van der Waals surface area contributed by atoms with Gasteiger partial charge in [0.25, 0.3) is 0 Å². The first kappa shape index (κ1) is 8.47. The van der Waals surface area contributed by atoms with E-state index < -0.39 is 0 Å². The van der Waals surface area contributed by atoms with Gasteiger partial charge < -0.3 is 5.21 Å². The summed E-state index contributed by atoms with van der Waals surface area (Å²) in [5.74, 6) is 0.695. The van der Waals surface area contributed by atoms with Gasteiger partial charge in [0.2, 0.25) is 0 Å². The average Bonchev–Trinajstić information content (AvgIpc) is 1.91. The Morgan fingerprint density at radius 1 is 1.44 bits per heavy atom. The highest BCUT2D eigenvalue weighted by atomic mass is 16.4. The van der Waals surface area contributed by atoms with Crippen molar-refractivity contribution in [2.45, 2.75) is 33.1 Å². The van der Waals surface area contributed by atoms with E-state index in [-0.39, 0.29) is 0 Å². The Morgan fingerprint density at radius 2 is 2.00 bits per heavy atom. The van der Waals surface area contributed by atoms with Crippen LogP contribution in [0.1, 0.15) is 33.1 Å². The molecule has 2 heteroatoms. The second-order valence-corrected chi connectivity index (χ2v) is 2.22. The monoisotopic (exact) mass is 129 g/mol. The number of oxime groups is 1. The van der Waals surface area contributed by atoms with Crippen molar-refractivity contribution in [1.82, 2.24) is 0 Å². The minimum atomic E-state index is 0.695. The highest BCUT2D eigenvalue weighted by Crippen LogP contribution is 2.09. The molecule has 0 aliphatic heterocycles. The highest BCUT2D eigenvalue weighted by Gasteiger charge is 1.98. The van der Waals surface area contributed by atoms with Gasteiger partial charge in [0.15, 0.2) is 0 Å². The van der Waals surface area contributed by atoms with E-state index in [1.54, 1.807) is 6.21 Å². The molecule has 54 valence electrons. The van der Waals surface area contributed by atoms with Crippen molar-refractivity contribution >= 4 is 6.21 Å². The lowest BCUT2D eigenvalue weighted by Crippen LogP contribution is -1.96. The second-order valence-electron chi connectivity index (χ2n) is 2.22. The number of hydrogen-bond donors (Lipinski definition) is 1. The zero-order valence-corrected chi connectivity index (χ0v) is 6.17. The van der Waals surface area contributed by atoms with Crippen molar-refractivity contribution in [2.24, 2.45) is 11.1 Å². The molecular formula is C7H15NO. The van der Waals surface area contributed by atoms with Gasteiger partial charge in [0.1, 0.15) is 0 Å². The Labute approximate surface area is 56.6 Å². The van der Waals surface area contributed by atoms with Crippen LogP contribution in [0, 0.1) is 5.92 Å². The van der Waals surface area contributed by atoms with Crippen molar-refractivity contribution in [3.63, 3.8) is 0 Å². The normalized spacial score (nSPS) is 11.4. The molecule has 0 aromatic carbocycles. The van der Waals surface area contributed by atoms with Crippen molar-refractivity contribution in [2.75, 3.05) is 0 Å². The molecule has 0 heterocycles. The van der Waals surface area contributed by atoms with E-state index >= 15 is 0 Å². The molecule has 2 nitrogen and oxygen atoms in total. The molecule has 0 aromatic heterocycles. The maximum Gasteiger partial charge on any atom is 0.0438 e. The lowest BCUT2D eigenvalue weighted by Gasteiger charge is -2.05. The van der Waals surface area contributed by atoms with Gasteiger partial charge in [0.05, 0.1) is 0 Å². The van der Waals surface area contributed by atoms with Gasteiger partial charge in [-0.1, -0.05) is 26.7 Å². The van der Waals surface area contributed by atoms with Gasteiger partial charge in [-0.15, -0.1) is 5.16 Å². The first-order valence-electron chi connectivity index (χ1n) is 3.51. The Kier molecular flexibility index (Phi) is 5.27. The van der Waals surface area contributed by atoms with E-state index in [1.165, 1.54) is 12.8 Å². The van der Waals surface area contributed by atoms with Crippen molar-refractivity contribution in [3.8, 4) is 0 Å². The molecule has 0 bridgehead atoms. The van der Waals surface area contributed by atoms with Crippen LogP contribution < -0.4 is 0 Å². The smallest absolute Gasteiger partial charge is 0.0438 e. The predicted molar refractivity (Wildman–Crippen MR) is 39.0 cm³/mol.